The molecule has 0 radical (unpaired) electrons. The first kappa shape index (κ1) is 24.0. The van der Waals surface area contributed by atoms with Gasteiger partial charge in [0.15, 0.2) is 0 Å². The molecule has 180 valence electrons. The zero-order valence-electron chi connectivity index (χ0n) is 19.5. The highest BCUT2D eigenvalue weighted by molar-refractivity contribution is 5.93. The Labute approximate surface area is 204 Å². The lowest BCUT2D eigenvalue weighted by Gasteiger charge is -2.16. The highest BCUT2D eigenvalue weighted by Crippen LogP contribution is 2.44. The largest absolute Gasteiger partial charge is 0.478 e. The average molecular weight is 473 g/mol. The number of anilines is 1. The number of fused-ring (bicyclic) bond motifs is 3. The molecule has 1 atom stereocenters. The van der Waals surface area contributed by atoms with Crippen molar-refractivity contribution >= 4 is 23.7 Å². The van der Waals surface area contributed by atoms with Crippen LogP contribution in [0, 0.1) is 5.92 Å². The molecule has 3 aromatic carbocycles. The van der Waals surface area contributed by atoms with Gasteiger partial charge in [-0.25, -0.2) is 9.59 Å². The number of carboxylic acids is 1. The minimum absolute atomic E-state index is 0.00824. The Bertz CT molecular complexity index is 1190. The maximum Gasteiger partial charge on any atom is 0.407 e. The molecule has 1 aliphatic carbocycles. The normalized spacial score (nSPS) is 12.8. The highest BCUT2D eigenvalue weighted by atomic mass is 16.5. The molecular weight excluding hydrogens is 444 g/mol. The van der Waals surface area contributed by atoms with Crippen LogP contribution in [0.25, 0.3) is 11.1 Å². The van der Waals surface area contributed by atoms with Gasteiger partial charge in [-0.1, -0.05) is 61.5 Å². The molecule has 1 unspecified atom stereocenters. The number of benzene rings is 3. The van der Waals surface area contributed by atoms with Crippen molar-refractivity contribution in [2.75, 3.05) is 18.5 Å². The van der Waals surface area contributed by atoms with E-state index in [1.807, 2.05) is 31.2 Å². The summed E-state index contributed by atoms with van der Waals surface area (Å²) in [5.41, 5.74) is 5.24. The molecule has 0 bridgehead atoms. The standard InChI is InChI=1S/C28H28N2O5/c1-18(13-14-26(31)30-20-8-6-7-19(15-20)27(32)33)16-29-28(34)35-17-25-23-11-4-2-9-21(23)22-10-3-5-12-24(22)25/h2-12,15,18,25H,13-14,16-17H2,1H3,(H,29,34)(H,30,31)(H,32,33). The molecule has 0 heterocycles. The van der Waals surface area contributed by atoms with Gasteiger partial charge in [-0.05, 0) is 52.8 Å². The molecule has 0 spiro atoms. The number of amides is 2. The number of hydrogen-bond donors (Lipinski definition) is 3. The van der Waals surface area contributed by atoms with Crippen LogP contribution < -0.4 is 10.6 Å². The third-order valence-corrected chi connectivity index (χ3v) is 6.20. The first-order chi connectivity index (χ1) is 16.9. The van der Waals surface area contributed by atoms with Gasteiger partial charge in [-0.2, -0.15) is 0 Å². The van der Waals surface area contributed by atoms with E-state index < -0.39 is 12.1 Å². The minimum atomic E-state index is -1.05. The van der Waals surface area contributed by atoms with E-state index >= 15 is 0 Å². The van der Waals surface area contributed by atoms with Crippen LogP contribution in [0.2, 0.25) is 0 Å². The van der Waals surface area contributed by atoms with E-state index in [1.54, 1.807) is 12.1 Å². The zero-order valence-corrected chi connectivity index (χ0v) is 19.5. The van der Waals surface area contributed by atoms with E-state index in [4.69, 9.17) is 9.84 Å². The van der Waals surface area contributed by atoms with Crippen molar-refractivity contribution in [3.05, 3.63) is 89.5 Å². The Morgan fingerprint density at radius 3 is 2.26 bits per heavy atom. The number of alkyl carbamates (subject to hydrolysis) is 1. The second-order valence-corrected chi connectivity index (χ2v) is 8.78. The van der Waals surface area contributed by atoms with E-state index in [-0.39, 0.29) is 36.3 Å². The third kappa shape index (κ3) is 5.87. The molecule has 0 saturated carbocycles. The summed E-state index contributed by atoms with van der Waals surface area (Å²) < 4.78 is 5.55. The average Bonchev–Trinajstić information content (AvgIpc) is 3.19. The fourth-order valence-corrected chi connectivity index (χ4v) is 4.34. The van der Waals surface area contributed by atoms with Crippen molar-refractivity contribution in [2.24, 2.45) is 5.92 Å². The van der Waals surface area contributed by atoms with E-state index in [1.165, 1.54) is 23.3 Å². The number of ether oxygens (including phenoxy) is 1. The monoisotopic (exact) mass is 472 g/mol. The zero-order chi connectivity index (χ0) is 24.8. The number of rotatable bonds is 9. The Hall–Kier alpha value is -4.13. The van der Waals surface area contributed by atoms with Crippen molar-refractivity contribution in [2.45, 2.75) is 25.7 Å². The lowest BCUT2D eigenvalue weighted by molar-refractivity contribution is -0.116. The first-order valence-corrected chi connectivity index (χ1v) is 11.6. The van der Waals surface area contributed by atoms with Crippen molar-refractivity contribution in [3.8, 4) is 11.1 Å². The summed E-state index contributed by atoms with van der Waals surface area (Å²) in [6.45, 7) is 2.59. The number of carboxylic acid groups (broad SMARTS) is 1. The van der Waals surface area contributed by atoms with Gasteiger partial charge in [-0.15, -0.1) is 0 Å². The number of hydrogen-bond acceptors (Lipinski definition) is 4. The summed E-state index contributed by atoms with van der Waals surface area (Å²) in [6, 6.07) is 22.5. The van der Waals surface area contributed by atoms with E-state index in [2.05, 4.69) is 34.9 Å². The van der Waals surface area contributed by atoms with Crippen molar-refractivity contribution < 1.29 is 24.2 Å². The summed E-state index contributed by atoms with van der Waals surface area (Å²) in [7, 11) is 0. The Morgan fingerprint density at radius 2 is 1.60 bits per heavy atom. The Balaban J connectivity index is 1.21. The maximum atomic E-state index is 12.3. The molecular formula is C28H28N2O5. The van der Waals surface area contributed by atoms with Crippen LogP contribution in [-0.2, 0) is 9.53 Å². The van der Waals surface area contributed by atoms with Gasteiger partial charge in [0, 0.05) is 24.6 Å². The molecule has 0 saturated heterocycles. The molecule has 3 N–H and O–H groups in total. The summed E-state index contributed by atoms with van der Waals surface area (Å²) in [4.78, 5) is 35.6. The fourth-order valence-electron chi connectivity index (χ4n) is 4.34. The summed E-state index contributed by atoms with van der Waals surface area (Å²) >= 11 is 0. The first-order valence-electron chi connectivity index (χ1n) is 11.6. The van der Waals surface area contributed by atoms with Crippen molar-refractivity contribution in [1.29, 1.82) is 0 Å². The van der Waals surface area contributed by atoms with Gasteiger partial charge in [0.25, 0.3) is 0 Å². The van der Waals surface area contributed by atoms with Gasteiger partial charge in [0.1, 0.15) is 6.61 Å². The Kier molecular flexibility index (Phi) is 7.45. The van der Waals surface area contributed by atoms with Crippen LogP contribution in [0.1, 0.15) is 47.2 Å². The third-order valence-electron chi connectivity index (χ3n) is 6.20. The molecule has 4 rings (SSSR count). The number of aromatic carboxylic acids is 1. The minimum Gasteiger partial charge on any atom is -0.478 e. The van der Waals surface area contributed by atoms with Gasteiger partial charge in [0.2, 0.25) is 5.91 Å². The quantitative estimate of drug-likeness (QED) is 0.393. The van der Waals surface area contributed by atoms with Gasteiger partial charge >= 0.3 is 12.1 Å². The fraction of sp³-hybridized carbons (Fsp3) is 0.250. The van der Waals surface area contributed by atoms with Crippen molar-refractivity contribution in [3.63, 3.8) is 0 Å². The smallest absolute Gasteiger partial charge is 0.407 e. The lowest BCUT2D eigenvalue weighted by Crippen LogP contribution is -2.30. The molecule has 0 fully saturated rings. The van der Waals surface area contributed by atoms with Crippen LogP contribution in [0.15, 0.2) is 72.8 Å². The van der Waals surface area contributed by atoms with Crippen LogP contribution in [0.3, 0.4) is 0 Å². The van der Waals surface area contributed by atoms with Gasteiger partial charge in [0.05, 0.1) is 5.56 Å². The maximum absolute atomic E-state index is 12.3. The van der Waals surface area contributed by atoms with E-state index in [0.717, 1.165) is 11.1 Å². The van der Waals surface area contributed by atoms with Crippen LogP contribution in [0.4, 0.5) is 10.5 Å². The van der Waals surface area contributed by atoms with Crippen LogP contribution in [-0.4, -0.2) is 36.2 Å². The molecule has 7 nitrogen and oxygen atoms in total. The lowest BCUT2D eigenvalue weighted by atomic mass is 9.98. The predicted octanol–water partition coefficient (Wildman–Crippen LogP) is 5.28. The molecule has 35 heavy (non-hydrogen) atoms. The van der Waals surface area contributed by atoms with Gasteiger partial charge in [-0.3, -0.25) is 4.79 Å². The molecule has 7 heteroatoms. The summed E-state index contributed by atoms with van der Waals surface area (Å²) in [5.74, 6) is -1.19. The summed E-state index contributed by atoms with van der Waals surface area (Å²) in [6.07, 6.45) is 0.340. The van der Waals surface area contributed by atoms with Gasteiger partial charge < -0.3 is 20.5 Å². The number of carbonyl (C=O) groups is 3. The second kappa shape index (κ2) is 10.9. The van der Waals surface area contributed by atoms with E-state index in [0.29, 0.717) is 18.7 Å². The SMILES string of the molecule is CC(CCC(=O)Nc1cccc(C(=O)O)c1)CNC(=O)OCC1c2ccccc2-c2ccccc21. The molecule has 0 aromatic heterocycles. The van der Waals surface area contributed by atoms with E-state index in [9.17, 15) is 14.4 Å². The Morgan fingerprint density at radius 1 is 0.943 bits per heavy atom. The van der Waals surface area contributed by atoms with Crippen molar-refractivity contribution in [1.82, 2.24) is 5.32 Å². The molecule has 0 aliphatic heterocycles. The topological polar surface area (TPSA) is 105 Å². The highest BCUT2D eigenvalue weighted by Gasteiger charge is 2.29. The predicted molar refractivity (Wildman–Crippen MR) is 134 cm³/mol. The van der Waals surface area contributed by atoms with Crippen LogP contribution >= 0.6 is 0 Å². The molecule has 2 amide bonds. The molecule has 3 aromatic rings. The molecule has 1 aliphatic rings. The van der Waals surface area contributed by atoms with Crippen LogP contribution in [0.5, 0.6) is 0 Å². The summed E-state index contributed by atoms with van der Waals surface area (Å²) in [5, 5.41) is 14.6. The number of nitrogens with one attached hydrogen (secondary N) is 2. The number of carbonyl (C=O) groups excluding carboxylic acids is 2. The second-order valence-electron chi connectivity index (χ2n) is 8.78.